The molecule has 1 aliphatic rings. The van der Waals surface area contributed by atoms with Gasteiger partial charge in [0.05, 0.1) is 5.69 Å². The minimum Gasteiger partial charge on any atom is -0.300 e. The van der Waals surface area contributed by atoms with Crippen LogP contribution in [0, 0.1) is 11.8 Å². The summed E-state index contributed by atoms with van der Waals surface area (Å²) >= 11 is 6.01. The molecule has 3 aromatic carbocycles. The van der Waals surface area contributed by atoms with Crippen LogP contribution in [-0.2, 0) is 17.4 Å². The van der Waals surface area contributed by atoms with Crippen molar-refractivity contribution in [3.8, 4) is 11.8 Å². The fourth-order valence-corrected chi connectivity index (χ4v) is 4.19. The molecule has 0 aromatic heterocycles. The predicted octanol–water partition coefficient (Wildman–Crippen LogP) is 5.25. The van der Waals surface area contributed by atoms with Crippen LogP contribution < -0.4 is 4.72 Å². The number of carbonyl (C=O) groups excluding carboxylic acids is 1. The maximum absolute atomic E-state index is 13.0. The van der Waals surface area contributed by atoms with Gasteiger partial charge in [-0.3, -0.25) is 4.79 Å². The van der Waals surface area contributed by atoms with Gasteiger partial charge >= 0.3 is 0 Å². The Morgan fingerprint density at radius 1 is 1.00 bits per heavy atom. The first-order valence-electron chi connectivity index (χ1n) is 8.97. The summed E-state index contributed by atoms with van der Waals surface area (Å²) < 4.78 is 15.4. The van der Waals surface area contributed by atoms with Crippen molar-refractivity contribution >= 4 is 40.1 Å². The monoisotopic (exact) mass is 417 g/mol. The van der Waals surface area contributed by atoms with Gasteiger partial charge in [0.15, 0.2) is 11.0 Å². The lowest BCUT2D eigenvalue weighted by molar-refractivity contribution is 0.104. The number of nitrogens with one attached hydrogen (secondary N) is 1. The summed E-state index contributed by atoms with van der Waals surface area (Å²) in [5.74, 6) is 5.96. The Morgan fingerprint density at radius 3 is 2.62 bits per heavy atom. The van der Waals surface area contributed by atoms with Crippen LogP contribution in [0.25, 0.3) is 6.08 Å². The van der Waals surface area contributed by atoms with Crippen LogP contribution in [0.5, 0.6) is 0 Å². The fraction of sp³-hybridized carbons (Fsp3) is 0.0417. The third-order valence-electron chi connectivity index (χ3n) is 4.40. The molecule has 0 spiro atoms. The molecule has 0 fully saturated rings. The zero-order chi connectivity index (χ0) is 20.2. The Kier molecular flexibility index (Phi) is 5.62. The van der Waals surface area contributed by atoms with Gasteiger partial charge in [0, 0.05) is 22.6 Å². The first-order chi connectivity index (χ1) is 14.1. The number of Topliss-reactive ketones (excluding diaryl/α,β-unsaturated/α-hetero) is 1. The van der Waals surface area contributed by atoms with Gasteiger partial charge in [-0.2, -0.15) is 0 Å². The van der Waals surface area contributed by atoms with Crippen molar-refractivity contribution in [1.29, 1.82) is 0 Å². The highest BCUT2D eigenvalue weighted by molar-refractivity contribution is 7.91. The van der Waals surface area contributed by atoms with Crippen LogP contribution in [0.4, 0.5) is 5.69 Å². The summed E-state index contributed by atoms with van der Waals surface area (Å²) in [6.07, 6.45) is 2.24. The van der Waals surface area contributed by atoms with Crippen LogP contribution in [0.3, 0.4) is 0 Å². The molecule has 1 N–H and O–H groups in total. The van der Waals surface area contributed by atoms with Crippen LogP contribution in [-0.4, -0.2) is 9.99 Å². The molecule has 1 aliphatic heterocycles. The molecule has 1 heterocycles. The fourth-order valence-electron chi connectivity index (χ4n) is 2.98. The minimum absolute atomic E-state index is 0.189. The lowest BCUT2D eigenvalue weighted by atomic mass is 10.0. The van der Waals surface area contributed by atoms with Crippen molar-refractivity contribution in [1.82, 2.24) is 0 Å². The summed E-state index contributed by atoms with van der Waals surface area (Å²) in [5.41, 5.74) is 3.61. The molecule has 0 saturated heterocycles. The Bertz CT molecular complexity index is 1210. The summed E-state index contributed by atoms with van der Waals surface area (Å²) in [7, 11) is -1.63. The van der Waals surface area contributed by atoms with Gasteiger partial charge in [-0.15, -0.1) is 0 Å². The van der Waals surface area contributed by atoms with Crippen molar-refractivity contribution in [3.05, 3.63) is 105 Å². The second-order valence-electron chi connectivity index (χ2n) is 6.49. The SMILES string of the molecule is O=C1/C(=C/c2cccc(Cl)c2)S(=O)Nc2ccc(C#CCc3ccccc3)cc21. The van der Waals surface area contributed by atoms with E-state index in [0.29, 0.717) is 22.7 Å². The van der Waals surface area contributed by atoms with Gasteiger partial charge in [0.1, 0.15) is 4.91 Å². The maximum Gasteiger partial charge on any atom is 0.205 e. The molecule has 0 bridgehead atoms. The number of carbonyl (C=O) groups is 1. The number of hydrogen-bond acceptors (Lipinski definition) is 2. The number of anilines is 1. The molecule has 1 unspecified atom stereocenters. The third kappa shape index (κ3) is 4.48. The Morgan fingerprint density at radius 2 is 1.83 bits per heavy atom. The average Bonchev–Trinajstić information content (AvgIpc) is 2.72. The van der Waals surface area contributed by atoms with Gasteiger partial charge < -0.3 is 4.72 Å². The van der Waals surface area contributed by atoms with Crippen molar-refractivity contribution in [2.75, 3.05) is 4.72 Å². The topological polar surface area (TPSA) is 46.2 Å². The normalized spacial score (nSPS) is 16.5. The molecule has 3 nitrogen and oxygen atoms in total. The number of allylic oxidation sites excluding steroid dienone is 1. The highest BCUT2D eigenvalue weighted by Crippen LogP contribution is 2.29. The first kappa shape index (κ1) is 19.2. The van der Waals surface area contributed by atoms with Crippen molar-refractivity contribution in [2.24, 2.45) is 0 Å². The van der Waals surface area contributed by atoms with E-state index in [-0.39, 0.29) is 10.7 Å². The predicted molar refractivity (Wildman–Crippen MR) is 119 cm³/mol. The smallest absolute Gasteiger partial charge is 0.205 e. The zero-order valence-electron chi connectivity index (χ0n) is 15.3. The number of fused-ring (bicyclic) bond motifs is 1. The van der Waals surface area contributed by atoms with E-state index in [9.17, 15) is 9.00 Å². The Balaban J connectivity index is 1.62. The average molecular weight is 418 g/mol. The van der Waals surface area contributed by atoms with Crippen LogP contribution in [0.15, 0.2) is 77.7 Å². The molecule has 0 radical (unpaired) electrons. The first-order valence-corrected chi connectivity index (χ1v) is 10.5. The van der Waals surface area contributed by atoms with E-state index in [1.165, 1.54) is 0 Å². The van der Waals surface area contributed by atoms with E-state index >= 15 is 0 Å². The molecule has 0 saturated carbocycles. The molecular formula is C24H16ClNO2S. The summed E-state index contributed by atoms with van der Waals surface area (Å²) in [6, 6.07) is 22.3. The van der Waals surface area contributed by atoms with Gasteiger partial charge in [0.2, 0.25) is 5.78 Å². The van der Waals surface area contributed by atoms with Crippen molar-refractivity contribution in [2.45, 2.75) is 6.42 Å². The minimum atomic E-state index is -1.63. The van der Waals surface area contributed by atoms with Crippen LogP contribution in [0.1, 0.15) is 27.0 Å². The number of halogens is 1. The molecular weight excluding hydrogens is 402 g/mol. The van der Waals surface area contributed by atoms with E-state index in [1.807, 2.05) is 42.5 Å². The lowest BCUT2D eigenvalue weighted by Gasteiger charge is -2.19. The van der Waals surface area contributed by atoms with Gasteiger partial charge in [0.25, 0.3) is 0 Å². The standard InChI is InChI=1S/C24H16ClNO2S/c25-20-11-5-10-19(14-20)16-23-24(27)21-15-18(12-13-22(21)26-29(23)28)9-4-8-17-6-2-1-3-7-17/h1-3,5-7,10-16,26H,8H2/b23-16-. The highest BCUT2D eigenvalue weighted by Gasteiger charge is 2.27. The molecule has 3 aromatic rings. The number of benzene rings is 3. The largest absolute Gasteiger partial charge is 0.300 e. The maximum atomic E-state index is 13.0. The van der Waals surface area contributed by atoms with Gasteiger partial charge in [-0.25, -0.2) is 4.21 Å². The summed E-state index contributed by atoms with van der Waals surface area (Å²) in [4.78, 5) is 13.2. The van der Waals surface area contributed by atoms with E-state index in [1.54, 1.807) is 36.4 Å². The second kappa shape index (κ2) is 8.48. The molecule has 0 aliphatic carbocycles. The van der Waals surface area contributed by atoms with Crippen LogP contribution >= 0.6 is 11.6 Å². The van der Waals surface area contributed by atoms with E-state index < -0.39 is 11.0 Å². The summed E-state index contributed by atoms with van der Waals surface area (Å²) in [5, 5.41) is 0.553. The summed E-state index contributed by atoms with van der Waals surface area (Å²) in [6.45, 7) is 0. The molecule has 4 rings (SSSR count). The molecule has 5 heteroatoms. The number of rotatable bonds is 2. The number of hydrogen-bond donors (Lipinski definition) is 1. The van der Waals surface area contributed by atoms with E-state index in [4.69, 9.17) is 11.6 Å². The van der Waals surface area contributed by atoms with E-state index in [0.717, 1.165) is 16.7 Å². The molecule has 0 amide bonds. The lowest BCUT2D eigenvalue weighted by Crippen LogP contribution is -2.22. The highest BCUT2D eigenvalue weighted by atomic mass is 35.5. The Hall–Kier alpha value is -3.13. The van der Waals surface area contributed by atoms with E-state index in [2.05, 4.69) is 16.6 Å². The second-order valence-corrected chi connectivity index (χ2v) is 8.11. The third-order valence-corrected chi connectivity index (χ3v) is 5.75. The van der Waals surface area contributed by atoms with Gasteiger partial charge in [-0.1, -0.05) is 65.9 Å². The molecule has 1 atom stereocenters. The quantitative estimate of drug-likeness (QED) is 0.457. The van der Waals surface area contributed by atoms with Gasteiger partial charge in [-0.05, 0) is 47.5 Å². The Labute approximate surface area is 177 Å². The van der Waals surface area contributed by atoms with Crippen molar-refractivity contribution in [3.63, 3.8) is 0 Å². The molecule has 29 heavy (non-hydrogen) atoms. The molecule has 142 valence electrons. The van der Waals surface area contributed by atoms with Crippen molar-refractivity contribution < 1.29 is 9.00 Å². The van der Waals surface area contributed by atoms with Crippen LogP contribution in [0.2, 0.25) is 5.02 Å². The zero-order valence-corrected chi connectivity index (χ0v) is 16.9. The number of ketones is 1.